The van der Waals surface area contributed by atoms with Gasteiger partial charge < -0.3 is 20.1 Å². The van der Waals surface area contributed by atoms with Crippen molar-refractivity contribution >= 4 is 23.1 Å². The molecule has 0 bridgehead atoms. The molecule has 1 aromatic heterocycles. The van der Waals surface area contributed by atoms with E-state index in [1.54, 1.807) is 38.5 Å². The molecule has 0 spiro atoms. The first-order chi connectivity index (χ1) is 13.5. The molecule has 0 radical (unpaired) electrons. The van der Waals surface area contributed by atoms with Crippen molar-refractivity contribution in [3.05, 3.63) is 71.9 Å². The predicted molar refractivity (Wildman–Crippen MR) is 101 cm³/mol. The first kappa shape index (κ1) is 19.1. The zero-order valence-electron chi connectivity index (χ0n) is 15.1. The maximum absolute atomic E-state index is 13.7. The number of aromatic nitrogens is 1. The van der Waals surface area contributed by atoms with Crippen LogP contribution in [0.15, 0.2) is 54.7 Å². The Labute approximate surface area is 160 Å². The average Bonchev–Trinajstić information content (AvgIpc) is 2.70. The second kappa shape index (κ2) is 8.34. The van der Waals surface area contributed by atoms with Gasteiger partial charge in [-0.05, 0) is 36.4 Å². The standard InChI is InChI=1S/C20H17F2N3O3/c1-27-14-5-7-18(28-2)17(10-14)24-19-8-3-12(11-23-19)20(26)25-16-6-4-13(21)9-15(16)22/h3-11H,1-2H3,(H,23,24)(H,25,26). The van der Waals surface area contributed by atoms with Gasteiger partial charge >= 0.3 is 0 Å². The van der Waals surface area contributed by atoms with Gasteiger partial charge in [0.05, 0.1) is 31.2 Å². The van der Waals surface area contributed by atoms with Gasteiger partial charge in [-0.3, -0.25) is 4.79 Å². The van der Waals surface area contributed by atoms with Gasteiger partial charge in [0, 0.05) is 18.3 Å². The highest BCUT2D eigenvalue weighted by Crippen LogP contribution is 2.31. The SMILES string of the molecule is COc1ccc(OC)c(Nc2ccc(C(=O)Nc3ccc(F)cc3F)cn2)c1. The summed E-state index contributed by atoms with van der Waals surface area (Å²) in [6.07, 6.45) is 1.34. The maximum Gasteiger partial charge on any atom is 0.257 e. The Balaban J connectivity index is 1.74. The second-order valence-electron chi connectivity index (χ2n) is 5.70. The summed E-state index contributed by atoms with van der Waals surface area (Å²) < 4.78 is 37.1. The number of ether oxygens (including phenoxy) is 2. The van der Waals surface area contributed by atoms with E-state index in [1.807, 2.05) is 0 Å². The Morgan fingerprint density at radius 1 is 0.964 bits per heavy atom. The maximum atomic E-state index is 13.7. The predicted octanol–water partition coefficient (Wildman–Crippen LogP) is 4.37. The molecule has 0 fully saturated rings. The van der Waals surface area contributed by atoms with Crippen LogP contribution in [0.2, 0.25) is 0 Å². The molecule has 1 amide bonds. The van der Waals surface area contributed by atoms with E-state index in [9.17, 15) is 13.6 Å². The van der Waals surface area contributed by atoms with E-state index < -0.39 is 17.5 Å². The number of benzene rings is 2. The summed E-state index contributed by atoms with van der Waals surface area (Å²) in [5, 5.41) is 5.46. The van der Waals surface area contributed by atoms with E-state index >= 15 is 0 Å². The monoisotopic (exact) mass is 385 g/mol. The minimum atomic E-state index is -0.857. The van der Waals surface area contributed by atoms with E-state index in [2.05, 4.69) is 15.6 Å². The smallest absolute Gasteiger partial charge is 0.257 e. The lowest BCUT2D eigenvalue weighted by Gasteiger charge is -2.12. The van der Waals surface area contributed by atoms with Gasteiger partial charge in [0.25, 0.3) is 5.91 Å². The molecular weight excluding hydrogens is 368 g/mol. The molecule has 3 aromatic rings. The minimum absolute atomic E-state index is 0.116. The van der Waals surface area contributed by atoms with Gasteiger partial charge in [0.15, 0.2) is 0 Å². The van der Waals surface area contributed by atoms with Crippen LogP contribution >= 0.6 is 0 Å². The molecule has 1 heterocycles. The molecule has 2 aromatic carbocycles. The van der Waals surface area contributed by atoms with Crippen molar-refractivity contribution in [3.63, 3.8) is 0 Å². The number of nitrogens with one attached hydrogen (secondary N) is 2. The van der Waals surface area contributed by atoms with Crippen LogP contribution in [-0.2, 0) is 0 Å². The van der Waals surface area contributed by atoms with E-state index in [0.29, 0.717) is 29.1 Å². The Bertz CT molecular complexity index is 994. The number of amides is 1. The zero-order chi connectivity index (χ0) is 20.1. The van der Waals surface area contributed by atoms with Crippen molar-refractivity contribution in [3.8, 4) is 11.5 Å². The van der Waals surface area contributed by atoms with Crippen molar-refractivity contribution in [2.24, 2.45) is 0 Å². The van der Waals surface area contributed by atoms with Crippen molar-refractivity contribution in [2.75, 3.05) is 24.9 Å². The van der Waals surface area contributed by atoms with Gasteiger partial charge in [-0.2, -0.15) is 0 Å². The van der Waals surface area contributed by atoms with Crippen LogP contribution in [-0.4, -0.2) is 25.1 Å². The largest absolute Gasteiger partial charge is 0.497 e. The van der Waals surface area contributed by atoms with Crippen LogP contribution in [0.1, 0.15) is 10.4 Å². The summed E-state index contributed by atoms with van der Waals surface area (Å²) in [7, 11) is 3.10. The summed E-state index contributed by atoms with van der Waals surface area (Å²) in [5.41, 5.74) is 0.738. The van der Waals surface area contributed by atoms with Crippen LogP contribution in [0, 0.1) is 11.6 Å². The molecule has 2 N–H and O–H groups in total. The molecule has 0 unspecified atom stereocenters. The number of hydrogen-bond donors (Lipinski definition) is 2. The molecule has 6 nitrogen and oxygen atoms in total. The quantitative estimate of drug-likeness (QED) is 0.659. The fourth-order valence-electron chi connectivity index (χ4n) is 2.44. The number of carbonyl (C=O) groups is 1. The third-order valence-corrected chi connectivity index (χ3v) is 3.87. The summed E-state index contributed by atoms with van der Waals surface area (Å²) in [4.78, 5) is 16.4. The number of hydrogen-bond acceptors (Lipinski definition) is 5. The number of anilines is 3. The van der Waals surface area contributed by atoms with Crippen LogP contribution in [0.3, 0.4) is 0 Å². The molecule has 0 saturated carbocycles. The van der Waals surface area contributed by atoms with Crippen molar-refractivity contribution in [1.29, 1.82) is 0 Å². The molecule has 3 rings (SSSR count). The summed E-state index contributed by atoms with van der Waals surface area (Å²) in [6, 6.07) is 11.3. The van der Waals surface area contributed by atoms with Gasteiger partial charge in [-0.15, -0.1) is 0 Å². The first-order valence-electron chi connectivity index (χ1n) is 8.21. The Morgan fingerprint density at radius 3 is 2.43 bits per heavy atom. The molecule has 0 saturated heterocycles. The first-order valence-corrected chi connectivity index (χ1v) is 8.21. The molecule has 0 atom stereocenters. The number of rotatable bonds is 6. The Morgan fingerprint density at radius 2 is 1.79 bits per heavy atom. The van der Waals surface area contributed by atoms with E-state index in [4.69, 9.17) is 9.47 Å². The molecule has 8 heteroatoms. The number of methoxy groups -OCH3 is 2. The molecule has 0 aliphatic heterocycles. The highest BCUT2D eigenvalue weighted by molar-refractivity contribution is 6.04. The third kappa shape index (κ3) is 4.35. The fraction of sp³-hybridized carbons (Fsp3) is 0.100. The van der Waals surface area contributed by atoms with Crippen LogP contribution in [0.5, 0.6) is 11.5 Å². The van der Waals surface area contributed by atoms with Crippen molar-refractivity contribution < 1.29 is 23.0 Å². The fourth-order valence-corrected chi connectivity index (χ4v) is 2.44. The van der Waals surface area contributed by atoms with Gasteiger partial charge in [-0.1, -0.05) is 0 Å². The summed E-state index contributed by atoms with van der Waals surface area (Å²) in [6.45, 7) is 0. The minimum Gasteiger partial charge on any atom is -0.497 e. The lowest BCUT2D eigenvalue weighted by Crippen LogP contribution is -2.13. The van der Waals surface area contributed by atoms with E-state index in [0.717, 1.165) is 12.1 Å². The molecule has 0 aliphatic carbocycles. The Kier molecular flexibility index (Phi) is 5.69. The highest BCUT2D eigenvalue weighted by Gasteiger charge is 2.11. The highest BCUT2D eigenvalue weighted by atomic mass is 19.1. The number of nitrogens with zero attached hydrogens (tertiary/aromatic N) is 1. The van der Waals surface area contributed by atoms with Gasteiger partial charge in [0.1, 0.15) is 29.0 Å². The lowest BCUT2D eigenvalue weighted by molar-refractivity contribution is 0.102. The number of halogens is 2. The zero-order valence-corrected chi connectivity index (χ0v) is 15.1. The van der Waals surface area contributed by atoms with Crippen LogP contribution in [0.4, 0.5) is 26.0 Å². The normalized spacial score (nSPS) is 10.3. The number of carbonyl (C=O) groups excluding carboxylic acids is 1. The summed E-state index contributed by atoms with van der Waals surface area (Å²) in [5.74, 6) is -0.443. The second-order valence-corrected chi connectivity index (χ2v) is 5.70. The van der Waals surface area contributed by atoms with Gasteiger partial charge in [-0.25, -0.2) is 13.8 Å². The topological polar surface area (TPSA) is 72.5 Å². The average molecular weight is 385 g/mol. The van der Waals surface area contributed by atoms with Crippen molar-refractivity contribution in [2.45, 2.75) is 0 Å². The summed E-state index contributed by atoms with van der Waals surface area (Å²) >= 11 is 0. The van der Waals surface area contributed by atoms with Crippen LogP contribution in [0.25, 0.3) is 0 Å². The van der Waals surface area contributed by atoms with Crippen molar-refractivity contribution in [1.82, 2.24) is 4.98 Å². The molecule has 144 valence electrons. The third-order valence-electron chi connectivity index (χ3n) is 3.87. The van der Waals surface area contributed by atoms with E-state index in [-0.39, 0.29) is 11.3 Å². The Hall–Kier alpha value is -3.68. The van der Waals surface area contributed by atoms with Crippen LogP contribution < -0.4 is 20.1 Å². The lowest BCUT2D eigenvalue weighted by atomic mass is 10.2. The van der Waals surface area contributed by atoms with Gasteiger partial charge in [0.2, 0.25) is 0 Å². The molecular formula is C20H17F2N3O3. The number of pyridine rings is 1. The van der Waals surface area contributed by atoms with E-state index in [1.165, 1.54) is 12.3 Å². The molecule has 0 aliphatic rings. The molecule has 28 heavy (non-hydrogen) atoms.